The van der Waals surface area contributed by atoms with E-state index in [0.717, 1.165) is 37.1 Å². The van der Waals surface area contributed by atoms with Gasteiger partial charge in [0.25, 0.3) is 10.0 Å². The number of ether oxygens (including phenoxy) is 1. The van der Waals surface area contributed by atoms with Crippen molar-refractivity contribution < 1.29 is 13.2 Å². The van der Waals surface area contributed by atoms with Crippen molar-refractivity contribution in [1.29, 1.82) is 0 Å². The van der Waals surface area contributed by atoms with E-state index in [2.05, 4.69) is 23.8 Å². The molecule has 7 heteroatoms. The molecule has 0 amide bonds. The van der Waals surface area contributed by atoms with Crippen LogP contribution in [0.4, 0.5) is 0 Å². The maximum Gasteiger partial charge on any atom is 0.268 e. The van der Waals surface area contributed by atoms with E-state index in [0.29, 0.717) is 11.3 Å². The van der Waals surface area contributed by atoms with Gasteiger partial charge in [0.1, 0.15) is 5.75 Å². The van der Waals surface area contributed by atoms with E-state index in [-0.39, 0.29) is 10.9 Å². The molecule has 0 radical (unpaired) electrons. The van der Waals surface area contributed by atoms with Gasteiger partial charge in [-0.15, -0.1) is 0 Å². The standard InChI is InChI=1S/C22H27N3O3S/c1-17(24-14-12-23(2)13-15-24)21-16-25(22-7-5-4-6-20(21)22)29(26,27)19-10-8-18(28-3)9-11-19/h4-11,16-17H,12-15H2,1-3H3. The van der Waals surface area contributed by atoms with E-state index in [1.54, 1.807) is 37.6 Å². The molecule has 1 aliphatic rings. The van der Waals surface area contributed by atoms with Gasteiger partial charge in [0.2, 0.25) is 0 Å². The minimum absolute atomic E-state index is 0.140. The number of fused-ring (bicyclic) bond motifs is 1. The summed E-state index contributed by atoms with van der Waals surface area (Å²) < 4.78 is 33.4. The molecule has 1 unspecified atom stereocenters. The van der Waals surface area contributed by atoms with Crippen LogP contribution in [0, 0.1) is 0 Å². The summed E-state index contributed by atoms with van der Waals surface area (Å²) in [6.45, 7) is 6.16. The van der Waals surface area contributed by atoms with E-state index in [4.69, 9.17) is 4.74 Å². The van der Waals surface area contributed by atoms with Gasteiger partial charge < -0.3 is 9.64 Å². The molecule has 4 rings (SSSR count). The fourth-order valence-corrected chi connectivity index (χ4v) is 5.35. The molecule has 2 aromatic carbocycles. The first-order valence-corrected chi connectivity index (χ1v) is 11.3. The van der Waals surface area contributed by atoms with Crippen molar-refractivity contribution in [2.24, 2.45) is 0 Å². The Labute approximate surface area is 172 Å². The number of piperazine rings is 1. The third-order valence-electron chi connectivity index (χ3n) is 5.86. The Hall–Kier alpha value is -2.35. The van der Waals surface area contributed by atoms with E-state index < -0.39 is 10.0 Å². The predicted molar refractivity (Wildman–Crippen MR) is 115 cm³/mol. The highest BCUT2D eigenvalue weighted by molar-refractivity contribution is 7.90. The minimum atomic E-state index is -3.71. The lowest BCUT2D eigenvalue weighted by Gasteiger charge is -2.36. The van der Waals surface area contributed by atoms with Crippen LogP contribution in [-0.2, 0) is 10.0 Å². The van der Waals surface area contributed by atoms with Crippen LogP contribution in [0.15, 0.2) is 59.6 Å². The summed E-state index contributed by atoms with van der Waals surface area (Å²) in [5.74, 6) is 0.630. The number of benzene rings is 2. The van der Waals surface area contributed by atoms with E-state index in [1.165, 1.54) is 3.97 Å². The first kappa shape index (κ1) is 19.9. The Kier molecular flexibility index (Phi) is 5.38. The first-order chi connectivity index (χ1) is 13.9. The Balaban J connectivity index is 1.77. The second-order valence-corrected chi connectivity index (χ2v) is 9.41. The molecule has 1 atom stereocenters. The maximum atomic E-state index is 13.4. The number of hydrogen-bond acceptors (Lipinski definition) is 5. The normalized spacial score (nSPS) is 17.5. The van der Waals surface area contributed by atoms with E-state index in [1.807, 2.05) is 24.3 Å². The highest BCUT2D eigenvalue weighted by Crippen LogP contribution is 2.33. The summed E-state index contributed by atoms with van der Waals surface area (Å²) in [5, 5.41) is 0.982. The summed E-state index contributed by atoms with van der Waals surface area (Å²) in [7, 11) is -0.00968. The van der Waals surface area contributed by atoms with Crippen LogP contribution < -0.4 is 4.74 Å². The molecule has 1 aliphatic heterocycles. The molecule has 2 heterocycles. The Morgan fingerprint density at radius 3 is 2.28 bits per heavy atom. The number of methoxy groups -OCH3 is 1. The number of hydrogen-bond donors (Lipinski definition) is 0. The second-order valence-electron chi connectivity index (χ2n) is 7.59. The molecule has 0 N–H and O–H groups in total. The third kappa shape index (κ3) is 3.66. The molecular formula is C22H27N3O3S. The first-order valence-electron chi connectivity index (χ1n) is 9.84. The Morgan fingerprint density at radius 1 is 0.966 bits per heavy atom. The van der Waals surface area contributed by atoms with Gasteiger partial charge in [0.15, 0.2) is 0 Å². The van der Waals surface area contributed by atoms with Gasteiger partial charge in [-0.05, 0) is 49.9 Å². The fraction of sp³-hybridized carbons (Fsp3) is 0.364. The summed E-state index contributed by atoms with van der Waals surface area (Å²) in [5.41, 5.74) is 1.75. The summed E-state index contributed by atoms with van der Waals surface area (Å²) >= 11 is 0. The van der Waals surface area contributed by atoms with Gasteiger partial charge in [-0.2, -0.15) is 0 Å². The maximum absolute atomic E-state index is 13.4. The topological polar surface area (TPSA) is 54.8 Å². The van der Waals surface area contributed by atoms with Gasteiger partial charge in [-0.3, -0.25) is 4.90 Å². The molecule has 154 valence electrons. The molecule has 0 aliphatic carbocycles. The summed E-state index contributed by atoms with van der Waals surface area (Å²) in [4.78, 5) is 4.99. The van der Waals surface area contributed by atoms with Gasteiger partial charge >= 0.3 is 0 Å². The van der Waals surface area contributed by atoms with Gasteiger partial charge in [0.05, 0.1) is 17.5 Å². The number of nitrogens with zero attached hydrogens (tertiary/aromatic N) is 3. The van der Waals surface area contributed by atoms with Crippen LogP contribution in [0.3, 0.4) is 0 Å². The average Bonchev–Trinajstić information content (AvgIpc) is 3.14. The highest BCUT2D eigenvalue weighted by Gasteiger charge is 2.26. The van der Waals surface area contributed by atoms with Crippen LogP contribution in [0.1, 0.15) is 18.5 Å². The van der Waals surface area contributed by atoms with E-state index in [9.17, 15) is 8.42 Å². The lowest BCUT2D eigenvalue weighted by Crippen LogP contribution is -2.45. The molecule has 1 saturated heterocycles. The molecule has 1 aromatic heterocycles. The van der Waals surface area contributed by atoms with Crippen molar-refractivity contribution in [3.63, 3.8) is 0 Å². The van der Waals surface area contributed by atoms with Crippen molar-refractivity contribution in [3.05, 3.63) is 60.3 Å². The van der Waals surface area contributed by atoms with Crippen molar-refractivity contribution in [2.45, 2.75) is 17.9 Å². The number of aromatic nitrogens is 1. The fourth-order valence-electron chi connectivity index (χ4n) is 3.97. The zero-order valence-electron chi connectivity index (χ0n) is 17.1. The average molecular weight is 414 g/mol. The molecule has 3 aromatic rings. The smallest absolute Gasteiger partial charge is 0.268 e. The zero-order chi connectivity index (χ0) is 20.6. The van der Waals surface area contributed by atoms with Crippen LogP contribution >= 0.6 is 0 Å². The molecule has 1 fully saturated rings. The number of para-hydroxylation sites is 1. The molecule has 0 saturated carbocycles. The molecule has 29 heavy (non-hydrogen) atoms. The summed E-state index contributed by atoms with van der Waals surface area (Å²) in [6, 6.07) is 14.4. The van der Waals surface area contributed by atoms with Gasteiger partial charge in [-0.1, -0.05) is 18.2 Å². The molecule has 0 spiro atoms. The van der Waals surface area contributed by atoms with Crippen LogP contribution in [0.2, 0.25) is 0 Å². The largest absolute Gasteiger partial charge is 0.497 e. The SMILES string of the molecule is COc1ccc(S(=O)(=O)n2cc(C(C)N3CCN(C)CC3)c3ccccc32)cc1. The van der Waals surface area contributed by atoms with Crippen molar-refractivity contribution in [1.82, 2.24) is 13.8 Å². The van der Waals surface area contributed by atoms with Crippen LogP contribution in [-0.4, -0.2) is 62.5 Å². The minimum Gasteiger partial charge on any atom is -0.497 e. The second kappa shape index (κ2) is 7.82. The quantitative estimate of drug-likeness (QED) is 0.643. The number of rotatable bonds is 5. The Morgan fingerprint density at radius 2 is 1.62 bits per heavy atom. The lowest BCUT2D eigenvalue weighted by atomic mass is 10.1. The molecular weight excluding hydrogens is 386 g/mol. The number of likely N-dealkylation sites (N-methyl/N-ethyl adjacent to an activating group) is 1. The van der Waals surface area contributed by atoms with Crippen molar-refractivity contribution >= 4 is 20.9 Å². The predicted octanol–water partition coefficient (Wildman–Crippen LogP) is 3.20. The third-order valence-corrected chi connectivity index (χ3v) is 7.55. The molecule has 6 nitrogen and oxygen atoms in total. The van der Waals surface area contributed by atoms with E-state index >= 15 is 0 Å². The van der Waals surface area contributed by atoms with Crippen LogP contribution in [0.5, 0.6) is 5.75 Å². The van der Waals surface area contributed by atoms with Crippen molar-refractivity contribution in [2.75, 3.05) is 40.3 Å². The van der Waals surface area contributed by atoms with Gasteiger partial charge in [0, 0.05) is 43.8 Å². The van der Waals surface area contributed by atoms with Gasteiger partial charge in [-0.25, -0.2) is 12.4 Å². The Bertz CT molecular complexity index is 1100. The lowest BCUT2D eigenvalue weighted by molar-refractivity contribution is 0.119. The molecule has 0 bridgehead atoms. The zero-order valence-corrected chi connectivity index (χ0v) is 17.9. The van der Waals surface area contributed by atoms with Crippen molar-refractivity contribution in [3.8, 4) is 5.75 Å². The summed E-state index contributed by atoms with van der Waals surface area (Å²) in [6.07, 6.45) is 1.80. The van der Waals surface area contributed by atoms with Crippen LogP contribution in [0.25, 0.3) is 10.9 Å². The monoisotopic (exact) mass is 413 g/mol. The highest BCUT2D eigenvalue weighted by atomic mass is 32.2.